The quantitative estimate of drug-likeness (QED) is 0.222. The number of aromatic nitrogens is 2. The number of ether oxygens (including phenoxy) is 2. The van der Waals surface area contributed by atoms with Crippen LogP contribution in [0, 0.1) is 0 Å². The molecule has 0 fully saturated rings. The van der Waals surface area contributed by atoms with Crippen molar-refractivity contribution in [2.45, 2.75) is 11.7 Å². The number of carbonyl (C=O) groups is 2. The average Bonchev–Trinajstić information content (AvgIpc) is 3.18. The van der Waals surface area contributed by atoms with Gasteiger partial charge in [-0.15, -0.1) is 0 Å². The number of benzene rings is 3. The second-order valence-corrected chi connectivity index (χ2v) is 9.26. The lowest BCUT2D eigenvalue weighted by atomic mass is 10.2. The number of esters is 1. The molecule has 1 aromatic heterocycles. The van der Waals surface area contributed by atoms with E-state index in [-0.39, 0.29) is 5.75 Å². The fourth-order valence-corrected chi connectivity index (χ4v) is 4.54. The number of halogens is 2. The lowest BCUT2D eigenvalue weighted by molar-refractivity contribution is -0.144. The average molecular weight is 530 g/mol. The molecule has 35 heavy (non-hydrogen) atoms. The Bertz CT molecular complexity index is 1360. The Balaban J connectivity index is 1.39. The van der Waals surface area contributed by atoms with Crippen molar-refractivity contribution < 1.29 is 19.1 Å². The van der Waals surface area contributed by atoms with Gasteiger partial charge in [0.05, 0.1) is 36.1 Å². The van der Waals surface area contributed by atoms with E-state index >= 15 is 0 Å². The van der Waals surface area contributed by atoms with Gasteiger partial charge in [-0.1, -0.05) is 65.3 Å². The first kappa shape index (κ1) is 24.9. The van der Waals surface area contributed by atoms with Gasteiger partial charge in [-0.2, -0.15) is 0 Å². The Morgan fingerprint density at radius 2 is 1.77 bits per heavy atom. The van der Waals surface area contributed by atoms with Gasteiger partial charge in [0.1, 0.15) is 5.75 Å². The summed E-state index contributed by atoms with van der Waals surface area (Å²) in [5.41, 5.74) is 3.13. The number of rotatable bonds is 9. The SMILES string of the molecule is COc1ccc(Cl)cc1NC(=O)COC(=O)CSc1nc2cc(Cl)ccc2n1Cc1ccccc1. The number of thioether (sulfide) groups is 1. The van der Waals surface area contributed by atoms with Crippen molar-refractivity contribution in [3.63, 3.8) is 0 Å². The van der Waals surface area contributed by atoms with E-state index in [9.17, 15) is 9.59 Å². The fraction of sp³-hybridized carbons (Fsp3) is 0.160. The molecule has 7 nitrogen and oxygen atoms in total. The van der Waals surface area contributed by atoms with Crippen LogP contribution in [-0.2, 0) is 20.9 Å². The van der Waals surface area contributed by atoms with Gasteiger partial charge in [-0.25, -0.2) is 4.98 Å². The van der Waals surface area contributed by atoms with Gasteiger partial charge < -0.3 is 19.4 Å². The van der Waals surface area contributed by atoms with E-state index in [4.69, 9.17) is 32.7 Å². The molecule has 0 aliphatic heterocycles. The third kappa shape index (κ3) is 6.48. The van der Waals surface area contributed by atoms with Crippen LogP contribution in [-0.4, -0.2) is 40.9 Å². The summed E-state index contributed by atoms with van der Waals surface area (Å²) in [5.74, 6) is -0.615. The number of hydrogen-bond donors (Lipinski definition) is 1. The van der Waals surface area contributed by atoms with E-state index in [0.717, 1.165) is 16.6 Å². The molecule has 0 aliphatic carbocycles. The van der Waals surface area contributed by atoms with Crippen LogP contribution in [0.1, 0.15) is 5.56 Å². The predicted molar refractivity (Wildman–Crippen MR) is 139 cm³/mol. The minimum Gasteiger partial charge on any atom is -0.495 e. The molecule has 1 amide bonds. The highest BCUT2D eigenvalue weighted by molar-refractivity contribution is 7.99. The van der Waals surface area contributed by atoms with E-state index in [1.807, 2.05) is 47.0 Å². The van der Waals surface area contributed by atoms with Crippen LogP contribution >= 0.6 is 35.0 Å². The second kappa shape index (κ2) is 11.5. The van der Waals surface area contributed by atoms with E-state index in [2.05, 4.69) is 10.3 Å². The van der Waals surface area contributed by atoms with Gasteiger partial charge in [0.2, 0.25) is 0 Å². The molecule has 0 aliphatic rings. The van der Waals surface area contributed by atoms with Crippen LogP contribution in [0.15, 0.2) is 71.9 Å². The predicted octanol–water partition coefficient (Wildman–Crippen LogP) is 5.67. The highest BCUT2D eigenvalue weighted by Crippen LogP contribution is 2.28. The summed E-state index contributed by atoms with van der Waals surface area (Å²) in [7, 11) is 1.48. The summed E-state index contributed by atoms with van der Waals surface area (Å²) in [5, 5.41) is 4.30. The van der Waals surface area contributed by atoms with Crippen LogP contribution in [0.2, 0.25) is 10.0 Å². The van der Waals surface area contributed by atoms with Crippen LogP contribution in [0.3, 0.4) is 0 Å². The molecule has 1 heterocycles. The maximum Gasteiger partial charge on any atom is 0.316 e. The molecule has 0 spiro atoms. The first-order valence-electron chi connectivity index (χ1n) is 10.5. The van der Waals surface area contributed by atoms with Crippen molar-refractivity contribution in [3.05, 3.63) is 82.3 Å². The molecule has 0 bridgehead atoms. The lowest BCUT2D eigenvalue weighted by Gasteiger charge is -2.11. The van der Waals surface area contributed by atoms with Gasteiger partial charge in [0.25, 0.3) is 5.91 Å². The van der Waals surface area contributed by atoms with Gasteiger partial charge in [-0.05, 0) is 42.0 Å². The first-order valence-corrected chi connectivity index (χ1v) is 12.3. The summed E-state index contributed by atoms with van der Waals surface area (Å²) in [6.45, 7) is 0.144. The minimum atomic E-state index is -0.542. The van der Waals surface area contributed by atoms with Gasteiger partial charge in [0, 0.05) is 10.0 Å². The summed E-state index contributed by atoms with van der Waals surface area (Å²) >= 11 is 13.4. The van der Waals surface area contributed by atoms with Crippen molar-refractivity contribution in [2.75, 3.05) is 24.8 Å². The van der Waals surface area contributed by atoms with Crippen molar-refractivity contribution >= 4 is 63.6 Å². The highest BCUT2D eigenvalue weighted by atomic mass is 35.5. The Kier molecular flexibility index (Phi) is 8.17. The summed E-state index contributed by atoms with van der Waals surface area (Å²) in [4.78, 5) is 29.3. The molecule has 0 saturated heterocycles. The van der Waals surface area contributed by atoms with E-state index in [1.165, 1.54) is 18.9 Å². The van der Waals surface area contributed by atoms with Crippen molar-refractivity contribution in [2.24, 2.45) is 0 Å². The normalized spacial score (nSPS) is 10.8. The summed E-state index contributed by atoms with van der Waals surface area (Å²) in [6, 6.07) is 20.3. The van der Waals surface area contributed by atoms with E-state index in [1.54, 1.807) is 24.3 Å². The standard InChI is InChI=1S/C25H21Cl2N3O4S/c1-33-22-10-8-18(27)12-20(22)28-23(31)14-34-24(32)15-35-25-29-19-11-17(26)7-9-21(19)30(25)13-16-5-3-2-4-6-16/h2-12H,13-15H2,1H3,(H,28,31). The van der Waals surface area contributed by atoms with Crippen molar-refractivity contribution in [3.8, 4) is 5.75 Å². The number of anilines is 1. The molecular formula is C25H21Cl2N3O4S. The van der Waals surface area contributed by atoms with E-state index in [0.29, 0.717) is 33.2 Å². The largest absolute Gasteiger partial charge is 0.495 e. The molecule has 4 rings (SSSR count). The smallest absolute Gasteiger partial charge is 0.316 e. The molecule has 0 atom stereocenters. The molecule has 0 saturated carbocycles. The van der Waals surface area contributed by atoms with Gasteiger partial charge in [-0.3, -0.25) is 9.59 Å². The number of fused-ring (bicyclic) bond motifs is 1. The number of carbonyl (C=O) groups excluding carboxylic acids is 2. The zero-order valence-corrected chi connectivity index (χ0v) is 21.0. The summed E-state index contributed by atoms with van der Waals surface area (Å²) < 4.78 is 12.4. The van der Waals surface area contributed by atoms with Crippen LogP contribution in [0.25, 0.3) is 11.0 Å². The van der Waals surface area contributed by atoms with Gasteiger partial charge in [0.15, 0.2) is 11.8 Å². The van der Waals surface area contributed by atoms with Crippen molar-refractivity contribution in [1.82, 2.24) is 9.55 Å². The molecule has 4 aromatic rings. The number of methoxy groups -OCH3 is 1. The van der Waals surface area contributed by atoms with Crippen LogP contribution in [0.4, 0.5) is 5.69 Å². The zero-order valence-electron chi connectivity index (χ0n) is 18.7. The second-order valence-electron chi connectivity index (χ2n) is 7.44. The Morgan fingerprint density at radius 1 is 1.03 bits per heavy atom. The van der Waals surface area contributed by atoms with Crippen LogP contribution in [0.5, 0.6) is 5.75 Å². The number of imidazole rings is 1. The summed E-state index contributed by atoms with van der Waals surface area (Å²) in [6.07, 6.45) is 0. The number of nitrogens with one attached hydrogen (secondary N) is 1. The lowest BCUT2D eigenvalue weighted by Crippen LogP contribution is -2.22. The minimum absolute atomic E-state index is 0.0143. The maximum atomic E-state index is 12.4. The Labute approximate surface area is 216 Å². The number of amides is 1. The number of hydrogen-bond acceptors (Lipinski definition) is 6. The zero-order chi connectivity index (χ0) is 24.8. The molecular weight excluding hydrogens is 509 g/mol. The Hall–Kier alpha value is -3.20. The first-order chi connectivity index (χ1) is 16.9. The Morgan fingerprint density at radius 3 is 2.54 bits per heavy atom. The third-order valence-electron chi connectivity index (χ3n) is 4.98. The number of nitrogens with zero attached hydrogens (tertiary/aromatic N) is 2. The monoisotopic (exact) mass is 529 g/mol. The topological polar surface area (TPSA) is 82.4 Å². The fourth-order valence-electron chi connectivity index (χ4n) is 3.39. The molecule has 0 unspecified atom stereocenters. The third-order valence-corrected chi connectivity index (χ3v) is 6.40. The molecule has 0 radical (unpaired) electrons. The maximum absolute atomic E-state index is 12.4. The molecule has 180 valence electrons. The van der Waals surface area contributed by atoms with E-state index < -0.39 is 18.5 Å². The molecule has 1 N–H and O–H groups in total. The van der Waals surface area contributed by atoms with Crippen LogP contribution < -0.4 is 10.1 Å². The highest BCUT2D eigenvalue weighted by Gasteiger charge is 2.16. The molecule has 10 heteroatoms. The molecule has 3 aromatic carbocycles. The van der Waals surface area contributed by atoms with Gasteiger partial charge >= 0.3 is 5.97 Å². The van der Waals surface area contributed by atoms with Crippen molar-refractivity contribution in [1.29, 1.82) is 0 Å².